The van der Waals surface area contributed by atoms with Crippen LogP contribution in [0.5, 0.6) is 0 Å². The second kappa shape index (κ2) is 3.19. The van der Waals surface area contributed by atoms with Gasteiger partial charge in [0.15, 0.2) is 0 Å². The maximum absolute atomic E-state index is 10.2. The molecule has 0 amide bonds. The zero-order chi connectivity index (χ0) is 10.5. The van der Waals surface area contributed by atoms with Gasteiger partial charge >= 0.3 is 0 Å². The van der Waals surface area contributed by atoms with Crippen molar-refractivity contribution in [3.05, 3.63) is 0 Å². The summed E-state index contributed by atoms with van der Waals surface area (Å²) in [6.07, 6.45) is 6.63. The first-order valence-corrected chi connectivity index (χ1v) is 6.27. The van der Waals surface area contributed by atoms with E-state index in [1.54, 1.807) is 0 Å². The molecule has 1 aliphatic heterocycles. The average Bonchev–Trinajstić information content (AvgIpc) is 2.89. The molecule has 0 unspecified atom stereocenters. The molecule has 0 bridgehead atoms. The van der Waals surface area contributed by atoms with Gasteiger partial charge in [0.05, 0.1) is 11.2 Å². The Balaban J connectivity index is 1.50. The predicted molar refractivity (Wildman–Crippen MR) is 57.5 cm³/mol. The van der Waals surface area contributed by atoms with E-state index in [2.05, 4.69) is 4.90 Å². The molecular weight excluding hydrogens is 190 g/mol. The Hall–Kier alpha value is -0.120. The van der Waals surface area contributed by atoms with Crippen molar-refractivity contribution in [2.45, 2.75) is 49.7 Å². The number of aliphatic hydroxyl groups is 2. The molecule has 3 rings (SSSR count). The molecule has 0 aromatic heterocycles. The minimum absolute atomic E-state index is 0.394. The van der Waals surface area contributed by atoms with E-state index in [1.165, 1.54) is 12.8 Å². The quantitative estimate of drug-likeness (QED) is 0.724. The van der Waals surface area contributed by atoms with Crippen LogP contribution in [0.1, 0.15) is 38.5 Å². The third kappa shape index (κ3) is 1.81. The Kier molecular flexibility index (Phi) is 2.14. The normalized spacial score (nSPS) is 34.0. The monoisotopic (exact) mass is 211 g/mol. The number of β-amino-alcohol motifs (C(OH)–C–C–N with tert-alkyl or cyclic N) is 2. The van der Waals surface area contributed by atoms with Crippen LogP contribution in [0, 0.1) is 5.92 Å². The van der Waals surface area contributed by atoms with Crippen molar-refractivity contribution in [1.82, 2.24) is 4.90 Å². The summed E-state index contributed by atoms with van der Waals surface area (Å²) in [7, 11) is 0. The van der Waals surface area contributed by atoms with E-state index in [0.717, 1.165) is 45.3 Å². The van der Waals surface area contributed by atoms with Crippen molar-refractivity contribution >= 4 is 0 Å². The van der Waals surface area contributed by atoms with Crippen LogP contribution in [0.2, 0.25) is 0 Å². The highest BCUT2D eigenvalue weighted by Gasteiger charge is 2.53. The van der Waals surface area contributed by atoms with Gasteiger partial charge in [-0.2, -0.15) is 0 Å². The topological polar surface area (TPSA) is 43.7 Å². The molecular formula is C12H21NO2. The van der Waals surface area contributed by atoms with Gasteiger partial charge in [-0.05, 0) is 31.6 Å². The summed E-state index contributed by atoms with van der Waals surface area (Å²) in [6.45, 7) is 2.36. The highest BCUT2D eigenvalue weighted by Crippen LogP contribution is 2.45. The third-order valence-electron chi connectivity index (χ3n) is 4.38. The van der Waals surface area contributed by atoms with E-state index < -0.39 is 11.2 Å². The maximum atomic E-state index is 10.2. The van der Waals surface area contributed by atoms with Crippen LogP contribution in [-0.2, 0) is 0 Å². The van der Waals surface area contributed by atoms with Crippen LogP contribution in [0.15, 0.2) is 0 Å². The fraction of sp³-hybridized carbons (Fsp3) is 1.00. The SMILES string of the molecule is OC1(CN2CC(O)(C3CC3)C2)CCCC1. The lowest BCUT2D eigenvalue weighted by atomic mass is 9.87. The smallest absolute Gasteiger partial charge is 0.0928 e. The summed E-state index contributed by atoms with van der Waals surface area (Å²) in [5, 5.41) is 20.4. The summed E-state index contributed by atoms with van der Waals surface area (Å²) in [4.78, 5) is 2.23. The summed E-state index contributed by atoms with van der Waals surface area (Å²) >= 11 is 0. The second-order valence-corrected chi connectivity index (χ2v) is 5.95. The fourth-order valence-corrected chi connectivity index (χ4v) is 3.33. The molecule has 3 nitrogen and oxygen atoms in total. The van der Waals surface area contributed by atoms with E-state index in [-0.39, 0.29) is 0 Å². The number of nitrogens with zero attached hydrogens (tertiary/aromatic N) is 1. The number of rotatable bonds is 3. The Morgan fingerprint density at radius 1 is 1.07 bits per heavy atom. The first-order valence-electron chi connectivity index (χ1n) is 6.27. The molecule has 0 aromatic carbocycles. The number of hydrogen-bond acceptors (Lipinski definition) is 3. The molecule has 2 saturated carbocycles. The Morgan fingerprint density at radius 2 is 1.67 bits per heavy atom. The highest BCUT2D eigenvalue weighted by atomic mass is 16.3. The van der Waals surface area contributed by atoms with Crippen molar-refractivity contribution in [1.29, 1.82) is 0 Å². The lowest BCUT2D eigenvalue weighted by molar-refractivity contribution is -0.135. The van der Waals surface area contributed by atoms with Gasteiger partial charge in [0.1, 0.15) is 0 Å². The molecule has 0 atom stereocenters. The Labute approximate surface area is 91.1 Å². The van der Waals surface area contributed by atoms with Crippen LogP contribution >= 0.6 is 0 Å². The van der Waals surface area contributed by atoms with E-state index in [9.17, 15) is 10.2 Å². The first kappa shape index (κ1) is 10.1. The predicted octanol–water partition coefficient (Wildman–Crippen LogP) is 0.748. The summed E-state index contributed by atoms with van der Waals surface area (Å²) in [5.41, 5.74) is -0.833. The van der Waals surface area contributed by atoms with Gasteiger partial charge in [0.2, 0.25) is 0 Å². The van der Waals surface area contributed by atoms with Crippen molar-refractivity contribution in [2.24, 2.45) is 5.92 Å². The third-order valence-corrected chi connectivity index (χ3v) is 4.38. The summed E-state index contributed by atoms with van der Waals surface area (Å²) in [6, 6.07) is 0. The molecule has 15 heavy (non-hydrogen) atoms. The second-order valence-electron chi connectivity index (χ2n) is 5.95. The maximum Gasteiger partial charge on any atom is 0.0928 e. The van der Waals surface area contributed by atoms with E-state index in [4.69, 9.17) is 0 Å². The molecule has 86 valence electrons. The molecule has 0 spiro atoms. The molecule has 1 saturated heterocycles. The lowest BCUT2D eigenvalue weighted by Gasteiger charge is -2.49. The summed E-state index contributed by atoms with van der Waals surface area (Å²) in [5.74, 6) is 0.562. The minimum atomic E-state index is -0.440. The van der Waals surface area contributed by atoms with Gasteiger partial charge in [0, 0.05) is 19.6 Å². The van der Waals surface area contributed by atoms with Crippen LogP contribution in [0.25, 0.3) is 0 Å². The average molecular weight is 211 g/mol. The Morgan fingerprint density at radius 3 is 2.20 bits per heavy atom. The van der Waals surface area contributed by atoms with Gasteiger partial charge in [-0.25, -0.2) is 0 Å². The molecule has 0 aromatic rings. The fourth-order valence-electron chi connectivity index (χ4n) is 3.33. The van der Waals surface area contributed by atoms with Crippen molar-refractivity contribution in [3.63, 3.8) is 0 Å². The van der Waals surface area contributed by atoms with Crippen molar-refractivity contribution in [2.75, 3.05) is 19.6 Å². The zero-order valence-electron chi connectivity index (χ0n) is 9.28. The van der Waals surface area contributed by atoms with Gasteiger partial charge in [0.25, 0.3) is 0 Å². The highest BCUT2D eigenvalue weighted by molar-refractivity contribution is 5.06. The number of likely N-dealkylation sites (tertiary alicyclic amines) is 1. The van der Waals surface area contributed by atoms with Gasteiger partial charge in [-0.1, -0.05) is 12.8 Å². The standard InChI is InChI=1S/C12H21NO2/c14-11(5-1-2-6-11)7-13-8-12(15,9-13)10-3-4-10/h10,14-15H,1-9H2. The largest absolute Gasteiger partial charge is 0.389 e. The Bertz CT molecular complexity index is 250. The minimum Gasteiger partial charge on any atom is -0.389 e. The van der Waals surface area contributed by atoms with Crippen LogP contribution in [0.3, 0.4) is 0 Å². The molecule has 2 aliphatic carbocycles. The van der Waals surface area contributed by atoms with Crippen LogP contribution < -0.4 is 0 Å². The van der Waals surface area contributed by atoms with E-state index >= 15 is 0 Å². The number of hydrogen-bond donors (Lipinski definition) is 2. The van der Waals surface area contributed by atoms with Gasteiger partial charge < -0.3 is 10.2 Å². The van der Waals surface area contributed by atoms with Crippen molar-refractivity contribution in [3.8, 4) is 0 Å². The summed E-state index contributed by atoms with van der Waals surface area (Å²) < 4.78 is 0. The van der Waals surface area contributed by atoms with Gasteiger partial charge in [-0.15, -0.1) is 0 Å². The van der Waals surface area contributed by atoms with Gasteiger partial charge in [-0.3, -0.25) is 4.90 Å². The van der Waals surface area contributed by atoms with E-state index in [1.807, 2.05) is 0 Å². The zero-order valence-corrected chi connectivity index (χ0v) is 9.28. The molecule has 1 heterocycles. The van der Waals surface area contributed by atoms with Crippen LogP contribution in [0.4, 0.5) is 0 Å². The molecule has 0 radical (unpaired) electrons. The van der Waals surface area contributed by atoms with Crippen molar-refractivity contribution < 1.29 is 10.2 Å². The lowest BCUT2D eigenvalue weighted by Crippen LogP contribution is -2.65. The molecule has 3 fully saturated rings. The van der Waals surface area contributed by atoms with Crippen LogP contribution in [-0.4, -0.2) is 45.9 Å². The molecule has 3 heteroatoms. The molecule has 3 aliphatic rings. The first-order chi connectivity index (χ1) is 7.10. The molecule has 2 N–H and O–H groups in total. The van der Waals surface area contributed by atoms with E-state index in [0.29, 0.717) is 5.92 Å².